The number of nitrogens with zero attached hydrogens (tertiary/aromatic N) is 2. The first kappa shape index (κ1) is 11.8. The van der Waals surface area contributed by atoms with Crippen molar-refractivity contribution in [1.82, 2.24) is 4.98 Å². The van der Waals surface area contributed by atoms with Crippen molar-refractivity contribution in [3.63, 3.8) is 0 Å². The van der Waals surface area contributed by atoms with Crippen LogP contribution in [0.15, 0.2) is 12.3 Å². The molecule has 1 aromatic heterocycles. The number of carbonyl (C=O) groups is 1. The first-order valence-corrected chi connectivity index (χ1v) is 6.61. The summed E-state index contributed by atoms with van der Waals surface area (Å²) in [6.07, 6.45) is 6.34. The third kappa shape index (κ3) is 2.05. The molecule has 1 aliphatic carbocycles. The molecule has 2 heterocycles. The SMILES string of the molecule is O=C(O)c1cnc(Cl)cc1N1CCC2(CC1)CC2. The average molecular weight is 267 g/mol. The molecule has 1 N–H and O–H groups in total. The maximum Gasteiger partial charge on any atom is 0.339 e. The number of aromatic nitrogens is 1. The highest BCUT2D eigenvalue weighted by Gasteiger charge is 2.44. The number of hydrogen-bond acceptors (Lipinski definition) is 3. The number of aromatic carboxylic acids is 1. The van der Waals surface area contributed by atoms with Gasteiger partial charge in [-0.25, -0.2) is 9.78 Å². The van der Waals surface area contributed by atoms with E-state index in [1.54, 1.807) is 6.07 Å². The molecule has 0 radical (unpaired) electrons. The number of halogens is 1. The highest BCUT2D eigenvalue weighted by atomic mass is 35.5. The van der Waals surface area contributed by atoms with Crippen LogP contribution in [0, 0.1) is 5.41 Å². The topological polar surface area (TPSA) is 53.4 Å². The minimum atomic E-state index is -0.944. The van der Waals surface area contributed by atoms with Crippen LogP contribution in [-0.4, -0.2) is 29.1 Å². The first-order chi connectivity index (χ1) is 8.60. The molecule has 0 bridgehead atoms. The van der Waals surface area contributed by atoms with Gasteiger partial charge in [-0.05, 0) is 37.2 Å². The van der Waals surface area contributed by atoms with E-state index in [-0.39, 0.29) is 5.56 Å². The third-order valence-corrected chi connectivity index (χ3v) is 4.41. The number of anilines is 1. The molecule has 5 heteroatoms. The molecule has 96 valence electrons. The van der Waals surface area contributed by atoms with Gasteiger partial charge in [0.2, 0.25) is 0 Å². The Labute approximate surface area is 111 Å². The van der Waals surface area contributed by atoms with Gasteiger partial charge in [0.1, 0.15) is 10.7 Å². The summed E-state index contributed by atoms with van der Waals surface area (Å²) in [7, 11) is 0. The van der Waals surface area contributed by atoms with E-state index < -0.39 is 5.97 Å². The van der Waals surface area contributed by atoms with Crippen LogP contribution < -0.4 is 4.90 Å². The van der Waals surface area contributed by atoms with E-state index >= 15 is 0 Å². The molecular weight excluding hydrogens is 252 g/mol. The van der Waals surface area contributed by atoms with Gasteiger partial charge in [0.05, 0.1) is 5.69 Å². The number of pyridine rings is 1. The van der Waals surface area contributed by atoms with E-state index in [2.05, 4.69) is 9.88 Å². The molecule has 0 amide bonds. The van der Waals surface area contributed by atoms with Crippen molar-refractivity contribution in [3.8, 4) is 0 Å². The quantitative estimate of drug-likeness (QED) is 0.837. The minimum Gasteiger partial charge on any atom is -0.478 e. The van der Waals surface area contributed by atoms with Crippen molar-refractivity contribution in [2.24, 2.45) is 5.41 Å². The number of carboxylic acid groups (broad SMARTS) is 1. The lowest BCUT2D eigenvalue weighted by molar-refractivity contribution is 0.0697. The summed E-state index contributed by atoms with van der Waals surface area (Å²) >= 11 is 5.88. The van der Waals surface area contributed by atoms with E-state index in [4.69, 9.17) is 11.6 Å². The maximum atomic E-state index is 11.2. The zero-order valence-electron chi connectivity index (χ0n) is 10.0. The molecule has 1 spiro atoms. The zero-order chi connectivity index (χ0) is 12.8. The molecule has 1 saturated carbocycles. The lowest BCUT2D eigenvalue weighted by Gasteiger charge is -2.34. The van der Waals surface area contributed by atoms with Crippen LogP contribution in [-0.2, 0) is 0 Å². The van der Waals surface area contributed by atoms with Gasteiger partial charge in [0.15, 0.2) is 0 Å². The summed E-state index contributed by atoms with van der Waals surface area (Å²) in [6.45, 7) is 1.83. The van der Waals surface area contributed by atoms with Crippen molar-refractivity contribution < 1.29 is 9.90 Å². The van der Waals surface area contributed by atoms with Crippen molar-refractivity contribution in [2.75, 3.05) is 18.0 Å². The molecule has 1 aromatic rings. The summed E-state index contributed by atoms with van der Waals surface area (Å²) < 4.78 is 0. The fourth-order valence-corrected chi connectivity index (χ4v) is 2.90. The van der Waals surface area contributed by atoms with Crippen LogP contribution in [0.1, 0.15) is 36.0 Å². The van der Waals surface area contributed by atoms with Gasteiger partial charge in [-0.3, -0.25) is 0 Å². The van der Waals surface area contributed by atoms with Crippen LogP contribution in [0.3, 0.4) is 0 Å². The molecule has 2 fully saturated rings. The Morgan fingerprint density at radius 2 is 2.00 bits per heavy atom. The van der Waals surface area contributed by atoms with Gasteiger partial charge in [-0.15, -0.1) is 0 Å². The Bertz CT molecular complexity index is 490. The van der Waals surface area contributed by atoms with E-state index in [0.29, 0.717) is 16.3 Å². The standard InChI is InChI=1S/C13H15ClN2O2/c14-11-7-10(9(8-15-11)12(17)18)16-5-3-13(1-2-13)4-6-16/h7-8H,1-6H2,(H,17,18). The summed E-state index contributed by atoms with van der Waals surface area (Å²) in [6, 6.07) is 1.66. The van der Waals surface area contributed by atoms with Gasteiger partial charge in [-0.1, -0.05) is 11.6 Å². The summed E-state index contributed by atoms with van der Waals surface area (Å²) in [4.78, 5) is 17.2. The number of rotatable bonds is 2. The molecular formula is C13H15ClN2O2. The Hall–Kier alpha value is -1.29. The second kappa shape index (κ2) is 4.12. The van der Waals surface area contributed by atoms with Gasteiger partial charge in [-0.2, -0.15) is 0 Å². The maximum absolute atomic E-state index is 11.2. The third-order valence-electron chi connectivity index (χ3n) is 4.20. The number of hydrogen-bond donors (Lipinski definition) is 1. The molecule has 4 nitrogen and oxygen atoms in total. The highest BCUT2D eigenvalue weighted by molar-refractivity contribution is 6.29. The first-order valence-electron chi connectivity index (χ1n) is 6.23. The van der Waals surface area contributed by atoms with Crippen LogP contribution in [0.2, 0.25) is 5.15 Å². The fraction of sp³-hybridized carbons (Fsp3) is 0.538. The zero-order valence-corrected chi connectivity index (χ0v) is 10.8. The molecule has 0 aromatic carbocycles. The molecule has 2 aliphatic rings. The Morgan fingerprint density at radius 3 is 2.56 bits per heavy atom. The predicted molar refractivity (Wildman–Crippen MR) is 69.3 cm³/mol. The predicted octanol–water partition coefficient (Wildman–Crippen LogP) is 2.81. The van der Waals surface area contributed by atoms with E-state index in [9.17, 15) is 9.90 Å². The molecule has 0 atom stereocenters. The fourth-order valence-electron chi connectivity index (χ4n) is 2.75. The molecule has 3 rings (SSSR count). The Morgan fingerprint density at radius 1 is 1.33 bits per heavy atom. The highest BCUT2D eigenvalue weighted by Crippen LogP contribution is 2.54. The van der Waals surface area contributed by atoms with Gasteiger partial charge in [0.25, 0.3) is 0 Å². The lowest BCUT2D eigenvalue weighted by atomic mass is 9.93. The van der Waals surface area contributed by atoms with Crippen LogP contribution in [0.25, 0.3) is 0 Å². The molecule has 0 unspecified atom stereocenters. The van der Waals surface area contributed by atoms with Crippen LogP contribution >= 0.6 is 11.6 Å². The van der Waals surface area contributed by atoms with Gasteiger partial charge < -0.3 is 10.0 Å². The minimum absolute atomic E-state index is 0.242. The second-order valence-corrected chi connectivity index (χ2v) is 5.70. The largest absolute Gasteiger partial charge is 0.478 e. The van der Waals surface area contributed by atoms with E-state index in [0.717, 1.165) is 25.9 Å². The lowest BCUT2D eigenvalue weighted by Crippen LogP contribution is -2.35. The smallest absolute Gasteiger partial charge is 0.339 e. The molecule has 18 heavy (non-hydrogen) atoms. The van der Waals surface area contributed by atoms with Crippen LogP contribution in [0.4, 0.5) is 5.69 Å². The normalized spacial score (nSPS) is 21.1. The number of piperidine rings is 1. The summed E-state index contributed by atoms with van der Waals surface area (Å²) in [5.41, 5.74) is 1.53. The Balaban J connectivity index is 1.86. The number of carboxylic acids is 1. The van der Waals surface area contributed by atoms with Crippen molar-refractivity contribution in [1.29, 1.82) is 0 Å². The second-order valence-electron chi connectivity index (χ2n) is 5.32. The van der Waals surface area contributed by atoms with Crippen molar-refractivity contribution >= 4 is 23.3 Å². The molecule has 1 saturated heterocycles. The van der Waals surface area contributed by atoms with Crippen LogP contribution in [0.5, 0.6) is 0 Å². The van der Waals surface area contributed by atoms with Gasteiger partial charge in [0, 0.05) is 19.3 Å². The summed E-state index contributed by atoms with van der Waals surface area (Å²) in [5, 5.41) is 9.54. The van der Waals surface area contributed by atoms with E-state index in [1.165, 1.54) is 19.0 Å². The van der Waals surface area contributed by atoms with Gasteiger partial charge >= 0.3 is 5.97 Å². The average Bonchev–Trinajstić information content (AvgIpc) is 3.09. The molecule has 1 aliphatic heterocycles. The van der Waals surface area contributed by atoms with E-state index in [1.807, 2.05) is 0 Å². The van der Waals surface area contributed by atoms with Crippen molar-refractivity contribution in [2.45, 2.75) is 25.7 Å². The Kier molecular flexibility index (Phi) is 2.70. The monoisotopic (exact) mass is 266 g/mol. The summed E-state index contributed by atoms with van der Waals surface area (Å²) in [5.74, 6) is -0.944. The van der Waals surface area contributed by atoms with Crippen molar-refractivity contribution in [3.05, 3.63) is 23.0 Å².